The molecule has 0 spiro atoms. The molecular weight excluding hydrogens is 224 g/mol. The maximum absolute atomic E-state index is 10.6. The Morgan fingerprint density at radius 3 is 2.61 bits per heavy atom. The van der Waals surface area contributed by atoms with Crippen molar-refractivity contribution in [2.45, 2.75) is 31.7 Å². The first kappa shape index (κ1) is 13.0. The summed E-state index contributed by atoms with van der Waals surface area (Å²) in [4.78, 5) is 17.0. The third-order valence-electron chi connectivity index (χ3n) is 4.08. The molecular formula is C15H20N2O. The van der Waals surface area contributed by atoms with Crippen molar-refractivity contribution < 1.29 is 4.79 Å². The summed E-state index contributed by atoms with van der Waals surface area (Å²) in [5.41, 5.74) is 3.24. The van der Waals surface area contributed by atoms with E-state index in [-0.39, 0.29) is 5.54 Å². The number of aromatic nitrogens is 1. The molecule has 0 fully saturated rings. The van der Waals surface area contributed by atoms with Crippen molar-refractivity contribution in [3.05, 3.63) is 35.7 Å². The maximum Gasteiger partial charge on any atom is 0.168 e. The quantitative estimate of drug-likeness (QED) is 0.767. The minimum absolute atomic E-state index is 0.264. The van der Waals surface area contributed by atoms with Crippen LogP contribution >= 0.6 is 0 Å². The number of hydrogen-bond donors (Lipinski definition) is 0. The lowest BCUT2D eigenvalue weighted by molar-refractivity contribution is 0.111. The van der Waals surface area contributed by atoms with Crippen LogP contribution in [0.25, 0.3) is 5.57 Å². The molecule has 18 heavy (non-hydrogen) atoms. The Balaban J connectivity index is 2.16. The first-order valence-electron chi connectivity index (χ1n) is 6.33. The minimum Gasteiger partial charge on any atom is -0.304 e. The normalized spacial score (nSPS) is 23.9. The molecule has 1 aromatic heterocycles. The van der Waals surface area contributed by atoms with Gasteiger partial charge in [0, 0.05) is 11.7 Å². The monoisotopic (exact) mass is 244 g/mol. The molecule has 0 bridgehead atoms. The number of nitrogens with zero attached hydrogens (tertiary/aromatic N) is 2. The summed E-state index contributed by atoms with van der Waals surface area (Å²) in [5, 5.41) is 0. The second-order valence-corrected chi connectivity index (χ2v) is 5.41. The maximum atomic E-state index is 10.6. The number of carbonyl (C=O) groups excluding carboxylic acids is 1. The van der Waals surface area contributed by atoms with Crippen LogP contribution < -0.4 is 0 Å². The average molecular weight is 244 g/mol. The predicted molar refractivity (Wildman–Crippen MR) is 73.5 cm³/mol. The second-order valence-electron chi connectivity index (χ2n) is 5.41. The van der Waals surface area contributed by atoms with Gasteiger partial charge in [0.15, 0.2) is 6.29 Å². The van der Waals surface area contributed by atoms with E-state index in [9.17, 15) is 4.79 Å². The van der Waals surface area contributed by atoms with Crippen LogP contribution in [0.4, 0.5) is 0 Å². The van der Waals surface area contributed by atoms with Gasteiger partial charge < -0.3 is 4.90 Å². The lowest BCUT2D eigenvalue weighted by atomic mass is 9.81. The summed E-state index contributed by atoms with van der Waals surface area (Å²) >= 11 is 0. The van der Waals surface area contributed by atoms with Gasteiger partial charge in [-0.15, -0.1) is 0 Å². The number of carbonyl (C=O) groups is 1. The van der Waals surface area contributed by atoms with Crippen LogP contribution in [-0.4, -0.2) is 35.8 Å². The van der Waals surface area contributed by atoms with E-state index in [0.29, 0.717) is 5.69 Å². The SMILES string of the molecule is CN(C)C1(C)CC=C(c2ccc(C=O)nc2)CC1. The molecule has 0 radical (unpaired) electrons. The summed E-state index contributed by atoms with van der Waals surface area (Å²) in [5.74, 6) is 0. The van der Waals surface area contributed by atoms with Crippen LogP contribution in [0.5, 0.6) is 0 Å². The Morgan fingerprint density at radius 2 is 2.17 bits per heavy atom. The minimum atomic E-state index is 0.264. The van der Waals surface area contributed by atoms with Crippen molar-refractivity contribution in [1.82, 2.24) is 9.88 Å². The van der Waals surface area contributed by atoms with E-state index in [0.717, 1.165) is 31.1 Å². The Bertz CT molecular complexity index is 462. The molecule has 0 saturated heterocycles. The zero-order chi connectivity index (χ0) is 13.2. The van der Waals surface area contributed by atoms with E-state index in [2.05, 4.69) is 37.0 Å². The van der Waals surface area contributed by atoms with Gasteiger partial charge in [-0.25, -0.2) is 0 Å². The molecule has 1 aliphatic carbocycles. The Hall–Kier alpha value is -1.48. The van der Waals surface area contributed by atoms with Gasteiger partial charge in [0.05, 0.1) is 0 Å². The van der Waals surface area contributed by atoms with Crippen LogP contribution in [0.15, 0.2) is 24.4 Å². The van der Waals surface area contributed by atoms with Crippen LogP contribution in [0.3, 0.4) is 0 Å². The first-order valence-corrected chi connectivity index (χ1v) is 6.33. The molecule has 0 amide bonds. The number of hydrogen-bond acceptors (Lipinski definition) is 3. The molecule has 96 valence electrons. The molecule has 0 saturated carbocycles. The molecule has 1 atom stereocenters. The van der Waals surface area contributed by atoms with Gasteiger partial charge in [-0.3, -0.25) is 9.78 Å². The van der Waals surface area contributed by atoms with Crippen LogP contribution in [0.1, 0.15) is 42.2 Å². The van der Waals surface area contributed by atoms with Gasteiger partial charge in [-0.1, -0.05) is 12.1 Å². The fourth-order valence-electron chi connectivity index (χ4n) is 2.28. The molecule has 3 nitrogen and oxygen atoms in total. The molecule has 1 unspecified atom stereocenters. The standard InChI is InChI=1S/C15H20N2O/c1-15(17(2)3)8-6-12(7-9-15)13-4-5-14(11-18)16-10-13/h4-6,10-11H,7-9H2,1-3H3. The number of rotatable bonds is 3. The highest BCUT2D eigenvalue weighted by molar-refractivity contribution is 5.73. The Kier molecular flexibility index (Phi) is 3.62. The highest BCUT2D eigenvalue weighted by Gasteiger charge is 2.29. The van der Waals surface area contributed by atoms with Gasteiger partial charge in [0.25, 0.3) is 0 Å². The molecule has 2 rings (SSSR count). The largest absolute Gasteiger partial charge is 0.304 e. The van der Waals surface area contributed by atoms with Crippen molar-refractivity contribution in [1.29, 1.82) is 0 Å². The van der Waals surface area contributed by atoms with Gasteiger partial charge in [-0.05, 0) is 57.5 Å². The van der Waals surface area contributed by atoms with E-state index in [1.165, 1.54) is 5.57 Å². The number of allylic oxidation sites excluding steroid dienone is 1. The fourth-order valence-corrected chi connectivity index (χ4v) is 2.28. The van der Waals surface area contributed by atoms with Crippen LogP contribution in [0.2, 0.25) is 0 Å². The van der Waals surface area contributed by atoms with Crippen molar-refractivity contribution in [3.8, 4) is 0 Å². The van der Waals surface area contributed by atoms with Crippen molar-refractivity contribution in [2.24, 2.45) is 0 Å². The van der Waals surface area contributed by atoms with E-state index in [1.807, 2.05) is 6.07 Å². The van der Waals surface area contributed by atoms with Crippen LogP contribution in [-0.2, 0) is 0 Å². The predicted octanol–water partition coefficient (Wildman–Crippen LogP) is 2.78. The zero-order valence-electron chi connectivity index (χ0n) is 11.3. The fraction of sp³-hybridized carbons (Fsp3) is 0.467. The third-order valence-corrected chi connectivity index (χ3v) is 4.08. The Labute approximate surface area is 109 Å². The van der Waals surface area contributed by atoms with Crippen molar-refractivity contribution >= 4 is 11.9 Å². The summed E-state index contributed by atoms with van der Waals surface area (Å²) in [6.07, 6.45) is 8.17. The highest BCUT2D eigenvalue weighted by atomic mass is 16.1. The third kappa shape index (κ3) is 2.51. The first-order chi connectivity index (χ1) is 8.55. The lowest BCUT2D eigenvalue weighted by Crippen LogP contribution is -2.42. The Morgan fingerprint density at radius 1 is 1.39 bits per heavy atom. The second kappa shape index (κ2) is 5.02. The molecule has 1 aliphatic rings. The van der Waals surface area contributed by atoms with Crippen molar-refractivity contribution in [3.63, 3.8) is 0 Å². The molecule has 1 heterocycles. The van der Waals surface area contributed by atoms with Crippen LogP contribution in [0, 0.1) is 0 Å². The molecule has 0 aromatic carbocycles. The average Bonchev–Trinajstić information content (AvgIpc) is 2.40. The summed E-state index contributed by atoms with van der Waals surface area (Å²) < 4.78 is 0. The molecule has 0 N–H and O–H groups in total. The smallest absolute Gasteiger partial charge is 0.168 e. The summed E-state index contributed by atoms with van der Waals surface area (Å²) in [6, 6.07) is 3.77. The molecule has 3 heteroatoms. The zero-order valence-corrected chi connectivity index (χ0v) is 11.3. The van der Waals surface area contributed by atoms with E-state index in [1.54, 1.807) is 12.3 Å². The van der Waals surface area contributed by atoms with E-state index < -0.39 is 0 Å². The molecule has 0 aliphatic heterocycles. The highest BCUT2D eigenvalue weighted by Crippen LogP contribution is 2.34. The molecule has 1 aromatic rings. The van der Waals surface area contributed by atoms with Crippen molar-refractivity contribution in [2.75, 3.05) is 14.1 Å². The number of aldehydes is 1. The van der Waals surface area contributed by atoms with E-state index >= 15 is 0 Å². The summed E-state index contributed by atoms with van der Waals surface area (Å²) in [7, 11) is 4.28. The van der Waals surface area contributed by atoms with Gasteiger partial charge in [0.2, 0.25) is 0 Å². The summed E-state index contributed by atoms with van der Waals surface area (Å²) in [6.45, 7) is 2.30. The number of pyridine rings is 1. The van der Waals surface area contributed by atoms with E-state index in [4.69, 9.17) is 0 Å². The lowest BCUT2D eigenvalue weighted by Gasteiger charge is -2.39. The van der Waals surface area contributed by atoms with Gasteiger partial charge in [0.1, 0.15) is 5.69 Å². The topological polar surface area (TPSA) is 33.2 Å². The van der Waals surface area contributed by atoms with Gasteiger partial charge in [-0.2, -0.15) is 0 Å². The van der Waals surface area contributed by atoms with Gasteiger partial charge >= 0.3 is 0 Å².